The number of aryl methyl sites for hydroxylation is 1. The number of nitro benzene ring substituents is 1. The zero-order valence-electron chi connectivity index (χ0n) is 20.6. The van der Waals surface area contributed by atoms with Gasteiger partial charge in [-0.2, -0.15) is 0 Å². The molecule has 2 bridgehead atoms. The zero-order chi connectivity index (χ0) is 25.4. The molecule has 2 aliphatic rings. The molecule has 1 aliphatic carbocycles. The van der Waals surface area contributed by atoms with Crippen LogP contribution in [0.2, 0.25) is 0 Å². The fourth-order valence-electron chi connectivity index (χ4n) is 5.89. The van der Waals surface area contributed by atoms with Crippen molar-refractivity contribution in [1.29, 1.82) is 0 Å². The number of hydrogen-bond acceptors (Lipinski definition) is 5. The van der Waals surface area contributed by atoms with E-state index in [1.54, 1.807) is 12.1 Å². The molecule has 1 heterocycles. The van der Waals surface area contributed by atoms with Crippen LogP contribution in [-0.4, -0.2) is 35.3 Å². The number of nitrogens with zero attached hydrogens (tertiary/aromatic N) is 1. The minimum atomic E-state index is -0.755. The van der Waals surface area contributed by atoms with E-state index in [-0.39, 0.29) is 34.5 Å². The lowest BCUT2D eigenvalue weighted by molar-refractivity contribution is -0.385. The van der Waals surface area contributed by atoms with Crippen molar-refractivity contribution in [2.24, 2.45) is 17.3 Å². The number of carboxylic acid groups (broad SMARTS) is 1. The van der Waals surface area contributed by atoms with Gasteiger partial charge in [-0.1, -0.05) is 54.6 Å². The SMILES string of the molecule is O=C(O)CCC/C=C\C[C@@H]1[C@@H](COCc2cccc([N+](=O)[O-])c2)[C@H]2C[C@]1(CCc1ccccc1)CO2. The molecule has 1 saturated heterocycles. The molecule has 1 saturated carbocycles. The molecule has 0 amide bonds. The highest BCUT2D eigenvalue weighted by molar-refractivity contribution is 5.66. The van der Waals surface area contributed by atoms with E-state index >= 15 is 0 Å². The fraction of sp³-hybridized carbons (Fsp3) is 0.483. The van der Waals surface area contributed by atoms with E-state index in [1.165, 1.54) is 11.6 Å². The smallest absolute Gasteiger partial charge is 0.303 e. The largest absolute Gasteiger partial charge is 0.481 e. The van der Waals surface area contributed by atoms with E-state index in [2.05, 4.69) is 36.4 Å². The number of ether oxygens (including phenoxy) is 2. The molecule has 7 nitrogen and oxygen atoms in total. The van der Waals surface area contributed by atoms with Crippen molar-refractivity contribution in [3.8, 4) is 0 Å². The van der Waals surface area contributed by atoms with Crippen molar-refractivity contribution < 1.29 is 24.3 Å². The Hall–Kier alpha value is -3.03. The van der Waals surface area contributed by atoms with Gasteiger partial charge in [0.25, 0.3) is 5.69 Å². The Morgan fingerprint density at radius 3 is 2.75 bits per heavy atom. The Bertz CT molecular complexity index is 1050. The molecule has 192 valence electrons. The number of hydrogen-bond donors (Lipinski definition) is 1. The summed E-state index contributed by atoms with van der Waals surface area (Å²) in [6.45, 7) is 1.65. The molecule has 0 unspecified atom stereocenters. The van der Waals surface area contributed by atoms with E-state index in [0.29, 0.717) is 25.6 Å². The maximum atomic E-state index is 11.1. The number of non-ortho nitro benzene ring substituents is 1. The summed E-state index contributed by atoms with van der Waals surface area (Å²) in [6.07, 6.45) is 10.1. The van der Waals surface area contributed by atoms with Gasteiger partial charge in [0.05, 0.1) is 30.8 Å². The van der Waals surface area contributed by atoms with Gasteiger partial charge in [-0.15, -0.1) is 0 Å². The third-order valence-electron chi connectivity index (χ3n) is 7.75. The second kappa shape index (κ2) is 12.3. The number of allylic oxidation sites excluding steroid dienone is 2. The number of aliphatic carboxylic acids is 1. The van der Waals surface area contributed by atoms with Crippen molar-refractivity contribution in [3.05, 3.63) is 88.0 Å². The van der Waals surface area contributed by atoms with E-state index in [4.69, 9.17) is 14.6 Å². The fourth-order valence-corrected chi connectivity index (χ4v) is 5.89. The summed E-state index contributed by atoms with van der Waals surface area (Å²) in [7, 11) is 0. The average molecular weight is 494 g/mol. The predicted octanol–water partition coefficient (Wildman–Crippen LogP) is 5.97. The molecular formula is C29H35NO6. The first-order chi connectivity index (χ1) is 17.5. The summed E-state index contributed by atoms with van der Waals surface area (Å²) in [5.41, 5.74) is 2.31. The summed E-state index contributed by atoms with van der Waals surface area (Å²) in [6, 6.07) is 17.1. The van der Waals surface area contributed by atoms with Gasteiger partial charge >= 0.3 is 5.97 Å². The van der Waals surface area contributed by atoms with Gasteiger partial charge in [0.2, 0.25) is 0 Å². The second-order valence-electron chi connectivity index (χ2n) is 10.1. The van der Waals surface area contributed by atoms with Crippen molar-refractivity contribution in [2.45, 2.75) is 57.7 Å². The number of carbonyl (C=O) groups is 1. The Morgan fingerprint density at radius 1 is 1.17 bits per heavy atom. The lowest BCUT2D eigenvalue weighted by Crippen LogP contribution is -2.38. The Morgan fingerprint density at radius 2 is 1.97 bits per heavy atom. The van der Waals surface area contributed by atoms with Gasteiger partial charge < -0.3 is 14.6 Å². The molecule has 2 aromatic carbocycles. The van der Waals surface area contributed by atoms with Gasteiger partial charge in [0.1, 0.15) is 0 Å². The van der Waals surface area contributed by atoms with Crippen LogP contribution < -0.4 is 0 Å². The summed E-state index contributed by atoms with van der Waals surface area (Å²) in [5, 5.41) is 19.9. The third-order valence-corrected chi connectivity index (χ3v) is 7.75. The van der Waals surface area contributed by atoms with Crippen molar-refractivity contribution >= 4 is 11.7 Å². The Kier molecular flexibility index (Phi) is 8.88. The van der Waals surface area contributed by atoms with Crippen LogP contribution in [0.4, 0.5) is 5.69 Å². The summed E-state index contributed by atoms with van der Waals surface area (Å²) >= 11 is 0. The van der Waals surface area contributed by atoms with Crippen LogP contribution in [0.3, 0.4) is 0 Å². The number of carboxylic acids is 1. The van der Waals surface area contributed by atoms with Crippen LogP contribution in [0, 0.1) is 27.4 Å². The van der Waals surface area contributed by atoms with Crippen LogP contribution in [0.1, 0.15) is 49.7 Å². The number of nitro groups is 1. The minimum Gasteiger partial charge on any atom is -0.481 e. The molecular weight excluding hydrogens is 458 g/mol. The minimum absolute atomic E-state index is 0.0742. The maximum absolute atomic E-state index is 11.1. The van der Waals surface area contributed by atoms with Gasteiger partial charge in [0.15, 0.2) is 0 Å². The zero-order valence-corrected chi connectivity index (χ0v) is 20.6. The second-order valence-corrected chi connectivity index (χ2v) is 10.1. The maximum Gasteiger partial charge on any atom is 0.303 e. The number of benzene rings is 2. The van der Waals surface area contributed by atoms with Crippen LogP contribution in [0.15, 0.2) is 66.7 Å². The number of unbranched alkanes of at least 4 members (excludes halogenated alkanes) is 1. The monoisotopic (exact) mass is 493 g/mol. The topological polar surface area (TPSA) is 98.9 Å². The third kappa shape index (κ3) is 6.59. The van der Waals surface area contributed by atoms with E-state index in [9.17, 15) is 14.9 Å². The first-order valence-electron chi connectivity index (χ1n) is 12.8. The molecule has 0 spiro atoms. The van der Waals surface area contributed by atoms with Crippen LogP contribution >= 0.6 is 0 Å². The average Bonchev–Trinajstić information content (AvgIpc) is 3.43. The molecule has 2 fully saturated rings. The quantitative estimate of drug-likeness (QED) is 0.151. The van der Waals surface area contributed by atoms with E-state index < -0.39 is 5.97 Å². The Balaban J connectivity index is 1.40. The van der Waals surface area contributed by atoms with Crippen LogP contribution in [0.25, 0.3) is 0 Å². The Labute approximate surface area is 212 Å². The van der Waals surface area contributed by atoms with Crippen molar-refractivity contribution in [2.75, 3.05) is 13.2 Å². The van der Waals surface area contributed by atoms with Crippen LogP contribution in [-0.2, 0) is 27.3 Å². The molecule has 1 N–H and O–H groups in total. The molecule has 1 aliphatic heterocycles. The molecule has 0 aromatic heterocycles. The van der Waals surface area contributed by atoms with Crippen molar-refractivity contribution in [3.63, 3.8) is 0 Å². The van der Waals surface area contributed by atoms with E-state index in [1.807, 2.05) is 12.1 Å². The normalized spacial score (nSPS) is 24.9. The molecule has 36 heavy (non-hydrogen) atoms. The highest BCUT2D eigenvalue weighted by atomic mass is 16.6. The molecule has 4 rings (SSSR count). The summed E-state index contributed by atoms with van der Waals surface area (Å²) in [4.78, 5) is 21.5. The number of fused-ring (bicyclic) bond motifs is 2. The lowest BCUT2D eigenvalue weighted by Gasteiger charge is -2.39. The molecule has 7 heteroatoms. The molecule has 2 aromatic rings. The highest BCUT2D eigenvalue weighted by Gasteiger charge is 2.57. The summed E-state index contributed by atoms with van der Waals surface area (Å²) < 4.78 is 12.4. The first kappa shape index (κ1) is 26.0. The molecule has 4 atom stereocenters. The molecule has 0 radical (unpaired) electrons. The van der Waals surface area contributed by atoms with E-state index in [0.717, 1.165) is 44.3 Å². The van der Waals surface area contributed by atoms with Crippen molar-refractivity contribution in [1.82, 2.24) is 0 Å². The van der Waals surface area contributed by atoms with Gasteiger partial charge in [-0.3, -0.25) is 14.9 Å². The number of rotatable bonds is 14. The van der Waals surface area contributed by atoms with Gasteiger partial charge in [0, 0.05) is 29.9 Å². The predicted molar refractivity (Wildman–Crippen MR) is 137 cm³/mol. The lowest BCUT2D eigenvalue weighted by atomic mass is 9.70. The van der Waals surface area contributed by atoms with Gasteiger partial charge in [-0.25, -0.2) is 0 Å². The van der Waals surface area contributed by atoms with Gasteiger partial charge in [-0.05, 0) is 55.6 Å². The summed E-state index contributed by atoms with van der Waals surface area (Å²) in [5.74, 6) is -0.0767. The standard InChI is InChI=1S/C29H35NO6/c31-28(32)14-7-2-1-6-13-26-25(20-35-19-23-11-8-12-24(17-23)30(33)34)27-18-29(26,21-36-27)16-15-22-9-4-3-5-10-22/h1,3-6,8-12,17,25-27H,2,7,13-16,18-21H2,(H,31,32)/b6-1-/t25-,26-,27-,29-/m1/s1. The highest BCUT2D eigenvalue weighted by Crippen LogP contribution is 2.57. The van der Waals surface area contributed by atoms with Crippen LogP contribution in [0.5, 0.6) is 0 Å². The first-order valence-corrected chi connectivity index (χ1v) is 12.8.